The first-order valence-electron chi connectivity index (χ1n) is 20.4. The molecule has 0 aromatic heterocycles. The molecule has 0 radical (unpaired) electrons. The lowest BCUT2D eigenvalue weighted by molar-refractivity contribution is -0.316. The number of aromatic hydroxyl groups is 1. The first kappa shape index (κ1) is 45.9. The number of hydrogen-bond acceptors (Lipinski definition) is 17. The van der Waals surface area contributed by atoms with Gasteiger partial charge in [-0.1, -0.05) is 26.3 Å². The van der Waals surface area contributed by atoms with Crippen molar-refractivity contribution in [1.82, 2.24) is 0 Å². The van der Waals surface area contributed by atoms with Crippen molar-refractivity contribution >= 4 is 34.9 Å². The quantitative estimate of drug-likeness (QED) is 0.122. The van der Waals surface area contributed by atoms with Crippen molar-refractivity contribution in [3.63, 3.8) is 0 Å². The van der Waals surface area contributed by atoms with Crippen molar-refractivity contribution in [2.24, 2.45) is 5.92 Å². The number of rotatable bonds is 11. The Bertz CT molecular complexity index is 2160. The highest BCUT2D eigenvalue weighted by Gasteiger charge is 2.71. The fourth-order valence-electron chi connectivity index (χ4n) is 9.38. The maximum absolute atomic E-state index is 14.4. The van der Waals surface area contributed by atoms with Gasteiger partial charge < -0.3 is 54.0 Å². The molecule has 17 nitrogen and oxygen atoms in total. The number of fused-ring (bicyclic) bond motifs is 3. The lowest BCUT2D eigenvalue weighted by Crippen LogP contribution is -2.74. The molecule has 3 aliphatic carbocycles. The molecule has 17 heteroatoms. The molecule has 0 unspecified atom stereocenters. The van der Waals surface area contributed by atoms with Crippen molar-refractivity contribution in [2.45, 2.75) is 154 Å². The molecule has 332 valence electrons. The third kappa shape index (κ3) is 7.57. The molecule has 2 fully saturated rings. The zero-order chi connectivity index (χ0) is 45.3. The second kappa shape index (κ2) is 16.6. The summed E-state index contributed by atoms with van der Waals surface area (Å²) in [6.45, 7) is 12.7. The van der Waals surface area contributed by atoms with E-state index in [0.29, 0.717) is 5.57 Å². The molecular weight excluding hydrogens is 800 g/mol. The number of aliphatic hydroxyl groups is 4. The van der Waals surface area contributed by atoms with E-state index >= 15 is 0 Å². The van der Waals surface area contributed by atoms with Crippen LogP contribution in [0.2, 0.25) is 0 Å². The number of ether oxygens (including phenoxy) is 6. The molecule has 1 aromatic rings. The van der Waals surface area contributed by atoms with Gasteiger partial charge in [-0.05, 0) is 71.4 Å². The van der Waals surface area contributed by atoms with E-state index in [0.717, 1.165) is 33.0 Å². The molecule has 11 atom stereocenters. The van der Waals surface area contributed by atoms with Crippen molar-refractivity contribution in [1.29, 1.82) is 0 Å². The average Bonchev–Trinajstić information content (AvgIpc) is 3.17. The van der Waals surface area contributed by atoms with Gasteiger partial charge in [0.1, 0.15) is 28.3 Å². The number of allylic oxidation sites excluding steroid dienone is 3. The number of ketones is 5. The van der Waals surface area contributed by atoms with Gasteiger partial charge in [-0.2, -0.15) is 0 Å². The summed E-state index contributed by atoms with van der Waals surface area (Å²) in [5.41, 5.74) is -10.6. The predicted molar refractivity (Wildman–Crippen MR) is 210 cm³/mol. The summed E-state index contributed by atoms with van der Waals surface area (Å²) in [5, 5.41) is 58.8. The number of carbonyl (C=O) groups excluding carboxylic acids is 6. The Balaban J connectivity index is 1.22. The summed E-state index contributed by atoms with van der Waals surface area (Å²) in [7, 11) is 1.15. The van der Waals surface area contributed by atoms with Gasteiger partial charge in [0.05, 0.1) is 36.5 Å². The molecule has 1 aromatic carbocycles. The Morgan fingerprint density at radius 2 is 1.62 bits per heavy atom. The molecule has 0 spiro atoms. The van der Waals surface area contributed by atoms with Crippen LogP contribution in [-0.4, -0.2) is 127 Å². The number of hydrogen-bond donors (Lipinski definition) is 5. The molecule has 5 aliphatic rings. The lowest BCUT2D eigenvalue weighted by atomic mass is 9.58. The molecule has 2 saturated heterocycles. The number of Topliss-reactive ketones (excluding diaryl/α,β-unsaturated/α-hetero) is 4. The Morgan fingerprint density at radius 3 is 2.21 bits per heavy atom. The zero-order valence-corrected chi connectivity index (χ0v) is 35.7. The molecule has 6 rings (SSSR count). The number of carbonyl (C=O) groups is 6. The van der Waals surface area contributed by atoms with Gasteiger partial charge >= 0.3 is 5.97 Å². The van der Waals surface area contributed by atoms with E-state index in [2.05, 4.69) is 6.92 Å². The van der Waals surface area contributed by atoms with Crippen molar-refractivity contribution in [2.75, 3.05) is 7.11 Å². The van der Waals surface area contributed by atoms with E-state index in [9.17, 15) is 54.3 Å². The van der Waals surface area contributed by atoms with Gasteiger partial charge in [0.15, 0.2) is 42.1 Å². The minimum atomic E-state index is -3.47. The van der Waals surface area contributed by atoms with Crippen LogP contribution < -0.4 is 0 Å². The fourth-order valence-corrected chi connectivity index (χ4v) is 9.38. The fraction of sp³-hybridized carbons (Fsp3) is 0.591. The summed E-state index contributed by atoms with van der Waals surface area (Å²) in [6.07, 6.45) is -4.07. The smallest absolute Gasteiger partial charge is 0.333 e. The van der Waals surface area contributed by atoms with Gasteiger partial charge in [-0.25, -0.2) is 4.79 Å². The van der Waals surface area contributed by atoms with E-state index in [1.54, 1.807) is 20.8 Å². The van der Waals surface area contributed by atoms with E-state index < -0.39 is 129 Å². The van der Waals surface area contributed by atoms with Crippen LogP contribution >= 0.6 is 0 Å². The maximum Gasteiger partial charge on any atom is 0.333 e. The van der Waals surface area contributed by atoms with Crippen LogP contribution in [0.1, 0.15) is 123 Å². The number of methoxy groups -OCH3 is 1. The summed E-state index contributed by atoms with van der Waals surface area (Å²) in [5.74, 6) is -8.89. The molecule has 61 heavy (non-hydrogen) atoms. The largest absolute Gasteiger partial charge is 0.508 e. The van der Waals surface area contributed by atoms with Crippen molar-refractivity contribution < 1.29 is 82.7 Å². The van der Waals surface area contributed by atoms with E-state index in [4.69, 9.17) is 28.4 Å². The minimum absolute atomic E-state index is 0.0139. The number of phenolic OH excluding ortho intramolecular Hbond substituents is 1. The Kier molecular flexibility index (Phi) is 12.5. The van der Waals surface area contributed by atoms with Gasteiger partial charge in [-0.3, -0.25) is 24.0 Å². The maximum atomic E-state index is 14.4. The Labute approximate surface area is 352 Å². The van der Waals surface area contributed by atoms with E-state index in [1.165, 1.54) is 13.8 Å². The monoisotopic (exact) mass is 854 g/mol. The van der Waals surface area contributed by atoms with Crippen LogP contribution in [0.3, 0.4) is 0 Å². The lowest BCUT2D eigenvalue weighted by Gasteiger charge is -2.52. The van der Waals surface area contributed by atoms with Crippen molar-refractivity contribution in [3.05, 3.63) is 62.6 Å². The highest BCUT2D eigenvalue weighted by atomic mass is 16.7. The molecule has 0 bridgehead atoms. The van der Waals surface area contributed by atoms with Crippen LogP contribution in [0, 0.1) is 12.8 Å². The minimum Gasteiger partial charge on any atom is -0.508 e. The molecule has 2 aliphatic heterocycles. The number of phenols is 1. The van der Waals surface area contributed by atoms with E-state index in [1.807, 2.05) is 13.0 Å². The number of esters is 1. The highest BCUT2D eigenvalue weighted by molar-refractivity contribution is 6.29. The third-order valence-corrected chi connectivity index (χ3v) is 12.5. The summed E-state index contributed by atoms with van der Waals surface area (Å²) < 4.78 is 35.2. The molecular formula is C44H54O17. The van der Waals surface area contributed by atoms with Gasteiger partial charge in [0.2, 0.25) is 23.0 Å². The third-order valence-electron chi connectivity index (χ3n) is 12.5. The molecule has 0 saturated carbocycles. The topological polar surface area (TPSA) is 259 Å². The predicted octanol–water partition coefficient (Wildman–Crippen LogP) is 3.27. The van der Waals surface area contributed by atoms with Gasteiger partial charge in [-0.15, -0.1) is 0 Å². The Hall–Kier alpha value is -4.62. The average molecular weight is 855 g/mol. The highest BCUT2D eigenvalue weighted by Crippen LogP contribution is 2.52. The van der Waals surface area contributed by atoms with Crippen LogP contribution in [0.5, 0.6) is 5.75 Å². The first-order valence-corrected chi connectivity index (χ1v) is 20.4. The van der Waals surface area contributed by atoms with E-state index in [-0.39, 0.29) is 47.6 Å². The van der Waals surface area contributed by atoms with Crippen LogP contribution in [0.25, 0.3) is 0 Å². The van der Waals surface area contributed by atoms with Crippen LogP contribution in [0.4, 0.5) is 0 Å². The normalized spacial score (nSPS) is 34.6. The second-order valence-electron chi connectivity index (χ2n) is 17.1. The van der Waals surface area contributed by atoms with Crippen LogP contribution in [0.15, 0.2) is 34.8 Å². The van der Waals surface area contributed by atoms with Crippen LogP contribution in [-0.2, 0) is 49.2 Å². The summed E-state index contributed by atoms with van der Waals surface area (Å²) in [4.78, 5) is 80.7. The number of benzene rings is 1. The summed E-state index contributed by atoms with van der Waals surface area (Å²) >= 11 is 0. The first-order chi connectivity index (χ1) is 28.4. The number of aliphatic hydroxyl groups excluding tert-OH is 1. The molecule has 5 N–H and O–H groups in total. The Morgan fingerprint density at radius 1 is 0.967 bits per heavy atom. The standard InChI is InChI=1S/C44H54O17/c1-10-11-18(2)14-19(3)41(52)61-39-23(7)58-29(17-42(39,8)53)59-26-12-13-28(57-22(26)6)60-40-36(49)31(21(5)45)37(50)44(55)38(51)32-24(16-43(40,44)54)20(4)30-33(35(32)48)25(46)15-27(56-9)34(30)47/h14-15,18,22-23,26,28-29,39-40,48,50,53-55H,10-13,16-17H2,1-9H3/b19-14-/t18-,22-,23+,26+,28+,29+,39-,40-,42-,43-,44-/m1/s1. The van der Waals surface area contributed by atoms with Crippen molar-refractivity contribution in [3.8, 4) is 5.75 Å². The second-order valence-corrected chi connectivity index (χ2v) is 17.1. The summed E-state index contributed by atoms with van der Waals surface area (Å²) in [6, 6.07) is 0. The van der Waals surface area contributed by atoms with Gasteiger partial charge in [0.25, 0.3) is 0 Å². The zero-order valence-electron chi connectivity index (χ0n) is 35.7. The SMILES string of the molecule is CCC[C@@H](C)/C=C(/C)C(=O)O[C@@H]1[C@H](C)O[C@@H](O[C@H]2CC[C@H](O[C@@H]3C(=O)C(C(C)=O)=C(O)[C@@]4(O)C(=O)c5c(O)c6c(c(C)c5C[C@@]34O)C(=O)C(OC)=CC6=O)O[C@@H]2C)C[C@@]1(C)O. The van der Waals surface area contributed by atoms with Gasteiger partial charge in [0, 0.05) is 36.5 Å². The molecule has 2 heterocycles. The molecule has 0 amide bonds.